The van der Waals surface area contributed by atoms with Crippen molar-refractivity contribution < 1.29 is 9.53 Å². The largest absolute Gasteiger partial charge is 0.481 e. The van der Waals surface area contributed by atoms with E-state index in [-0.39, 0.29) is 5.91 Å². The van der Waals surface area contributed by atoms with Crippen molar-refractivity contribution in [3.63, 3.8) is 0 Å². The quantitative estimate of drug-likeness (QED) is 0.563. The Morgan fingerprint density at radius 2 is 1.70 bits per heavy atom. The number of benzene rings is 2. The summed E-state index contributed by atoms with van der Waals surface area (Å²) in [5.41, 5.74) is 5.67. The van der Waals surface area contributed by atoms with Gasteiger partial charge in [0.15, 0.2) is 11.9 Å². The van der Waals surface area contributed by atoms with Crippen molar-refractivity contribution in [2.75, 3.05) is 31.1 Å². The van der Waals surface area contributed by atoms with Crippen molar-refractivity contribution in [1.29, 1.82) is 0 Å². The van der Waals surface area contributed by atoms with E-state index in [1.807, 2.05) is 48.2 Å². The van der Waals surface area contributed by atoms with Crippen LogP contribution >= 0.6 is 0 Å². The molecule has 33 heavy (non-hydrogen) atoms. The van der Waals surface area contributed by atoms with E-state index in [0.717, 1.165) is 42.3 Å². The number of hydrogen-bond acceptors (Lipinski definition) is 5. The average molecular weight is 445 g/mol. The maximum Gasteiger partial charge on any atom is 0.263 e. The maximum atomic E-state index is 12.9. The fraction of sp³-hybridized carbons (Fsp3) is 0.370. The lowest BCUT2D eigenvalue weighted by Crippen LogP contribution is -2.52. The number of aryl methyl sites for hydroxylation is 3. The monoisotopic (exact) mass is 444 g/mol. The van der Waals surface area contributed by atoms with Gasteiger partial charge in [-0.1, -0.05) is 42.8 Å². The molecule has 1 unspecified atom stereocenters. The Bertz CT molecular complexity index is 1090. The summed E-state index contributed by atoms with van der Waals surface area (Å²) in [6, 6.07) is 18.3. The number of amides is 1. The molecule has 1 amide bonds. The number of anilines is 1. The van der Waals surface area contributed by atoms with Gasteiger partial charge in [0, 0.05) is 31.7 Å². The standard InChI is InChI=1S/C27H32N4O2/c1-5-22-7-9-23(10-8-22)33-21(4)27(32)31-16-14-30(15-17-31)26-13-12-25(28-29-26)24-11-6-19(2)18-20(24)3/h6-13,18,21H,5,14-17H2,1-4H3. The van der Waals surface area contributed by atoms with Gasteiger partial charge in [0.25, 0.3) is 5.91 Å². The number of carbonyl (C=O) groups is 1. The lowest BCUT2D eigenvalue weighted by molar-refractivity contribution is -0.138. The van der Waals surface area contributed by atoms with Crippen LogP contribution in [-0.2, 0) is 11.2 Å². The molecule has 172 valence electrons. The Labute approximate surface area is 196 Å². The van der Waals surface area contributed by atoms with E-state index in [1.165, 1.54) is 16.7 Å². The highest BCUT2D eigenvalue weighted by Crippen LogP contribution is 2.24. The molecule has 6 heteroatoms. The van der Waals surface area contributed by atoms with Gasteiger partial charge in [0.05, 0.1) is 5.69 Å². The van der Waals surface area contributed by atoms with Crippen LogP contribution in [0.1, 0.15) is 30.5 Å². The van der Waals surface area contributed by atoms with Crippen LogP contribution in [0.5, 0.6) is 5.75 Å². The van der Waals surface area contributed by atoms with Gasteiger partial charge in [-0.2, -0.15) is 0 Å². The maximum absolute atomic E-state index is 12.9. The minimum atomic E-state index is -0.513. The van der Waals surface area contributed by atoms with Gasteiger partial charge in [-0.3, -0.25) is 4.79 Å². The van der Waals surface area contributed by atoms with Crippen molar-refractivity contribution in [1.82, 2.24) is 15.1 Å². The molecule has 1 fully saturated rings. The van der Waals surface area contributed by atoms with Crippen LogP contribution in [0.25, 0.3) is 11.3 Å². The Morgan fingerprint density at radius 3 is 2.30 bits per heavy atom. The second kappa shape index (κ2) is 10.0. The SMILES string of the molecule is CCc1ccc(OC(C)C(=O)N2CCN(c3ccc(-c4ccc(C)cc4C)nn3)CC2)cc1. The summed E-state index contributed by atoms with van der Waals surface area (Å²) in [7, 11) is 0. The third-order valence-electron chi connectivity index (χ3n) is 6.22. The summed E-state index contributed by atoms with van der Waals surface area (Å²) in [4.78, 5) is 16.9. The van der Waals surface area contributed by atoms with Gasteiger partial charge in [0.2, 0.25) is 0 Å². The Hall–Kier alpha value is -3.41. The molecule has 1 saturated heterocycles. The summed E-state index contributed by atoms with van der Waals surface area (Å²) >= 11 is 0. The molecule has 0 bridgehead atoms. The van der Waals surface area contributed by atoms with Gasteiger partial charge in [-0.25, -0.2) is 0 Å². The molecule has 6 nitrogen and oxygen atoms in total. The first-order valence-electron chi connectivity index (χ1n) is 11.7. The highest BCUT2D eigenvalue weighted by atomic mass is 16.5. The number of ether oxygens (including phenoxy) is 1. The van der Waals surface area contributed by atoms with Crippen LogP contribution in [0, 0.1) is 13.8 Å². The third kappa shape index (κ3) is 5.33. The first-order valence-corrected chi connectivity index (χ1v) is 11.7. The van der Waals surface area contributed by atoms with E-state index in [2.05, 4.69) is 54.1 Å². The molecule has 0 N–H and O–H groups in total. The Kier molecular flexibility index (Phi) is 6.92. The topological polar surface area (TPSA) is 58.6 Å². The van der Waals surface area contributed by atoms with Crippen molar-refractivity contribution in [3.05, 3.63) is 71.3 Å². The van der Waals surface area contributed by atoms with Gasteiger partial charge >= 0.3 is 0 Å². The zero-order chi connectivity index (χ0) is 23.4. The van der Waals surface area contributed by atoms with Crippen LogP contribution in [0.2, 0.25) is 0 Å². The number of aromatic nitrogens is 2. The van der Waals surface area contributed by atoms with Gasteiger partial charge in [-0.05, 0) is 62.6 Å². The van der Waals surface area contributed by atoms with Crippen molar-refractivity contribution in [2.24, 2.45) is 0 Å². The van der Waals surface area contributed by atoms with E-state index in [9.17, 15) is 4.79 Å². The summed E-state index contributed by atoms with van der Waals surface area (Å²) in [5, 5.41) is 8.93. The second-order valence-corrected chi connectivity index (χ2v) is 8.67. The third-order valence-corrected chi connectivity index (χ3v) is 6.22. The Morgan fingerprint density at radius 1 is 0.970 bits per heavy atom. The molecule has 1 atom stereocenters. The zero-order valence-corrected chi connectivity index (χ0v) is 19.9. The van der Waals surface area contributed by atoms with Gasteiger partial charge in [-0.15, -0.1) is 10.2 Å². The van der Waals surface area contributed by atoms with Crippen LogP contribution in [-0.4, -0.2) is 53.3 Å². The molecule has 0 radical (unpaired) electrons. The van der Waals surface area contributed by atoms with Gasteiger partial charge < -0.3 is 14.5 Å². The molecule has 0 spiro atoms. The number of nitrogens with zero attached hydrogens (tertiary/aromatic N) is 4. The molecule has 2 aromatic carbocycles. The van der Waals surface area contributed by atoms with E-state index >= 15 is 0 Å². The fourth-order valence-corrected chi connectivity index (χ4v) is 4.21. The van der Waals surface area contributed by atoms with E-state index in [0.29, 0.717) is 13.1 Å². The van der Waals surface area contributed by atoms with Gasteiger partial charge in [0.1, 0.15) is 5.75 Å². The van der Waals surface area contributed by atoms with E-state index < -0.39 is 6.10 Å². The lowest BCUT2D eigenvalue weighted by Gasteiger charge is -2.36. The second-order valence-electron chi connectivity index (χ2n) is 8.67. The molecular weight excluding hydrogens is 412 g/mol. The summed E-state index contributed by atoms with van der Waals surface area (Å²) < 4.78 is 5.89. The van der Waals surface area contributed by atoms with E-state index in [1.54, 1.807) is 0 Å². The number of rotatable bonds is 6. The molecule has 1 aromatic heterocycles. The molecule has 3 aromatic rings. The van der Waals surface area contributed by atoms with Crippen molar-refractivity contribution in [3.8, 4) is 17.0 Å². The molecule has 1 aliphatic heterocycles. The highest BCUT2D eigenvalue weighted by molar-refractivity contribution is 5.81. The van der Waals surface area contributed by atoms with Crippen LogP contribution in [0.3, 0.4) is 0 Å². The Balaban J connectivity index is 1.32. The first kappa shape index (κ1) is 22.8. The highest BCUT2D eigenvalue weighted by Gasteiger charge is 2.26. The molecule has 4 rings (SSSR count). The minimum absolute atomic E-state index is 0.0190. The number of carbonyl (C=O) groups excluding carboxylic acids is 1. The molecule has 2 heterocycles. The van der Waals surface area contributed by atoms with Crippen molar-refractivity contribution >= 4 is 11.7 Å². The number of piperazine rings is 1. The van der Waals surface area contributed by atoms with Crippen LogP contribution in [0.15, 0.2) is 54.6 Å². The zero-order valence-electron chi connectivity index (χ0n) is 19.9. The first-order chi connectivity index (χ1) is 15.9. The molecular formula is C27H32N4O2. The predicted molar refractivity (Wildman–Crippen MR) is 132 cm³/mol. The molecule has 0 saturated carbocycles. The number of hydrogen-bond donors (Lipinski definition) is 0. The summed E-state index contributed by atoms with van der Waals surface area (Å²) in [6.07, 6.45) is 0.471. The predicted octanol–water partition coefficient (Wildman–Crippen LogP) is 4.44. The minimum Gasteiger partial charge on any atom is -0.481 e. The normalized spacial score (nSPS) is 14.8. The fourth-order valence-electron chi connectivity index (χ4n) is 4.21. The molecule has 1 aliphatic rings. The van der Waals surface area contributed by atoms with E-state index in [4.69, 9.17) is 4.74 Å². The molecule has 0 aliphatic carbocycles. The van der Waals surface area contributed by atoms with Crippen LogP contribution in [0.4, 0.5) is 5.82 Å². The summed E-state index contributed by atoms with van der Waals surface area (Å²) in [5.74, 6) is 1.59. The lowest BCUT2D eigenvalue weighted by atomic mass is 10.0. The van der Waals surface area contributed by atoms with Crippen molar-refractivity contribution in [2.45, 2.75) is 40.2 Å². The summed E-state index contributed by atoms with van der Waals surface area (Å²) in [6.45, 7) is 10.9. The van der Waals surface area contributed by atoms with Crippen LogP contribution < -0.4 is 9.64 Å². The smallest absolute Gasteiger partial charge is 0.263 e. The average Bonchev–Trinajstić information content (AvgIpc) is 2.84.